The maximum Gasteiger partial charge on any atom is 0.0908 e. The van der Waals surface area contributed by atoms with Crippen LogP contribution in [0, 0.1) is 11.3 Å². The molecule has 0 spiro atoms. The third-order valence-corrected chi connectivity index (χ3v) is 4.22. The van der Waals surface area contributed by atoms with Gasteiger partial charge in [-0.3, -0.25) is 0 Å². The molecule has 1 rings (SSSR count). The van der Waals surface area contributed by atoms with Crippen LogP contribution in [-0.2, 0) is 0 Å². The van der Waals surface area contributed by atoms with Crippen LogP contribution in [0.15, 0.2) is 23.8 Å². The minimum atomic E-state index is -0.920. The Morgan fingerprint density at radius 1 is 1.39 bits per heavy atom. The Hall–Kier alpha value is -0.640. The molecule has 3 unspecified atom stereocenters. The Bertz CT molecular complexity index is 344. The zero-order valence-electron chi connectivity index (χ0n) is 11.8. The van der Waals surface area contributed by atoms with E-state index in [2.05, 4.69) is 0 Å². The number of hydrogen-bond donors (Lipinski definition) is 3. The number of aliphatic hydroxyl groups excluding tert-OH is 2. The van der Waals surface area contributed by atoms with Gasteiger partial charge in [0.2, 0.25) is 0 Å². The SMILES string of the molecule is CC(/C=C/C1(O)C(C)CC(O)CC1(C)C)=C\CO. The second kappa shape index (κ2) is 5.55. The highest BCUT2D eigenvalue weighted by Crippen LogP contribution is 2.48. The second-order valence-corrected chi connectivity index (χ2v) is 6.17. The fourth-order valence-corrected chi connectivity index (χ4v) is 2.95. The molecule has 0 amide bonds. The van der Waals surface area contributed by atoms with Crippen molar-refractivity contribution in [2.75, 3.05) is 6.61 Å². The van der Waals surface area contributed by atoms with Gasteiger partial charge in [0.05, 0.1) is 18.3 Å². The summed E-state index contributed by atoms with van der Waals surface area (Å²) in [5.41, 5.74) is -0.350. The molecule has 3 N–H and O–H groups in total. The molecular weight excluding hydrogens is 228 g/mol. The molecule has 1 fully saturated rings. The van der Waals surface area contributed by atoms with Gasteiger partial charge in [0.15, 0.2) is 0 Å². The van der Waals surface area contributed by atoms with Crippen molar-refractivity contribution in [3.8, 4) is 0 Å². The van der Waals surface area contributed by atoms with Gasteiger partial charge in [-0.1, -0.05) is 44.6 Å². The first-order chi connectivity index (χ1) is 8.23. The van der Waals surface area contributed by atoms with E-state index in [4.69, 9.17) is 5.11 Å². The number of rotatable bonds is 3. The van der Waals surface area contributed by atoms with Crippen LogP contribution >= 0.6 is 0 Å². The van der Waals surface area contributed by atoms with Crippen LogP contribution in [0.4, 0.5) is 0 Å². The molecule has 0 aromatic heterocycles. The molecule has 3 nitrogen and oxygen atoms in total. The van der Waals surface area contributed by atoms with Crippen LogP contribution in [0.2, 0.25) is 0 Å². The number of allylic oxidation sites excluding steroid dienone is 2. The second-order valence-electron chi connectivity index (χ2n) is 6.17. The molecular formula is C15H26O3. The minimum absolute atomic E-state index is 0.00621. The van der Waals surface area contributed by atoms with E-state index < -0.39 is 5.60 Å². The molecule has 0 aromatic rings. The first-order valence-corrected chi connectivity index (χ1v) is 6.60. The van der Waals surface area contributed by atoms with E-state index in [-0.39, 0.29) is 24.0 Å². The molecule has 0 bridgehead atoms. The van der Waals surface area contributed by atoms with Crippen molar-refractivity contribution in [1.29, 1.82) is 0 Å². The summed E-state index contributed by atoms with van der Waals surface area (Å²) in [5.74, 6) is 0.00873. The van der Waals surface area contributed by atoms with Crippen LogP contribution in [0.3, 0.4) is 0 Å². The standard InChI is InChI=1S/C15H26O3/c1-11(6-8-16)5-7-15(18)12(2)9-13(17)10-14(15,3)4/h5-7,12-13,16-18H,8-10H2,1-4H3/b7-5+,11-6+. The molecule has 0 aliphatic heterocycles. The van der Waals surface area contributed by atoms with Crippen LogP contribution in [0.25, 0.3) is 0 Å². The van der Waals surface area contributed by atoms with Crippen molar-refractivity contribution < 1.29 is 15.3 Å². The minimum Gasteiger partial charge on any atom is -0.393 e. The van der Waals surface area contributed by atoms with Gasteiger partial charge in [-0.15, -0.1) is 0 Å². The third kappa shape index (κ3) is 3.02. The molecule has 0 heterocycles. The lowest BCUT2D eigenvalue weighted by atomic mass is 9.60. The van der Waals surface area contributed by atoms with E-state index in [1.54, 1.807) is 6.08 Å². The Morgan fingerprint density at radius 3 is 2.50 bits per heavy atom. The van der Waals surface area contributed by atoms with E-state index in [0.29, 0.717) is 12.8 Å². The molecule has 0 saturated heterocycles. The zero-order valence-corrected chi connectivity index (χ0v) is 11.8. The molecule has 104 valence electrons. The maximum atomic E-state index is 10.9. The molecule has 0 radical (unpaired) electrons. The zero-order chi connectivity index (χ0) is 14.0. The highest BCUT2D eigenvalue weighted by molar-refractivity contribution is 5.23. The fraction of sp³-hybridized carbons (Fsp3) is 0.733. The topological polar surface area (TPSA) is 60.7 Å². The van der Waals surface area contributed by atoms with Gasteiger partial charge in [0.25, 0.3) is 0 Å². The van der Waals surface area contributed by atoms with Gasteiger partial charge < -0.3 is 15.3 Å². The lowest BCUT2D eigenvalue weighted by molar-refractivity contribution is -0.127. The molecule has 3 heteroatoms. The van der Waals surface area contributed by atoms with E-state index in [9.17, 15) is 10.2 Å². The Morgan fingerprint density at radius 2 is 2.00 bits per heavy atom. The molecule has 1 aliphatic carbocycles. The van der Waals surface area contributed by atoms with Gasteiger partial charge in [-0.25, -0.2) is 0 Å². The summed E-state index contributed by atoms with van der Waals surface area (Å²) >= 11 is 0. The van der Waals surface area contributed by atoms with E-state index in [1.165, 1.54) is 0 Å². The lowest BCUT2D eigenvalue weighted by Crippen LogP contribution is -2.54. The van der Waals surface area contributed by atoms with Crippen molar-refractivity contribution >= 4 is 0 Å². The highest BCUT2D eigenvalue weighted by atomic mass is 16.3. The van der Waals surface area contributed by atoms with Gasteiger partial charge in [0, 0.05) is 0 Å². The summed E-state index contributed by atoms with van der Waals surface area (Å²) in [5, 5.41) is 29.6. The smallest absolute Gasteiger partial charge is 0.0908 e. The van der Waals surface area contributed by atoms with Crippen LogP contribution in [-0.4, -0.2) is 33.6 Å². The quantitative estimate of drug-likeness (QED) is 0.675. The van der Waals surface area contributed by atoms with E-state index in [0.717, 1.165) is 5.57 Å². The first kappa shape index (κ1) is 15.4. The van der Waals surface area contributed by atoms with Crippen LogP contribution in [0.5, 0.6) is 0 Å². The number of aliphatic hydroxyl groups is 3. The summed E-state index contributed by atoms with van der Waals surface area (Å²) in [6, 6.07) is 0. The van der Waals surface area contributed by atoms with Crippen LogP contribution < -0.4 is 0 Å². The van der Waals surface area contributed by atoms with Gasteiger partial charge in [0.1, 0.15) is 0 Å². The molecule has 18 heavy (non-hydrogen) atoms. The first-order valence-electron chi connectivity index (χ1n) is 6.60. The van der Waals surface area contributed by atoms with Crippen molar-refractivity contribution in [2.45, 2.75) is 52.2 Å². The molecule has 0 aromatic carbocycles. The van der Waals surface area contributed by atoms with Gasteiger partial charge in [-0.2, -0.15) is 0 Å². The van der Waals surface area contributed by atoms with Gasteiger partial charge in [-0.05, 0) is 31.1 Å². The third-order valence-electron chi connectivity index (χ3n) is 4.22. The summed E-state index contributed by atoms with van der Waals surface area (Å²) in [7, 11) is 0. The van der Waals surface area contributed by atoms with Crippen LogP contribution in [0.1, 0.15) is 40.5 Å². The largest absolute Gasteiger partial charge is 0.393 e. The normalized spacial score (nSPS) is 37.2. The van der Waals surface area contributed by atoms with Crippen molar-refractivity contribution in [1.82, 2.24) is 0 Å². The Balaban J connectivity index is 2.98. The predicted octanol–water partition coefficient (Wildman–Crippen LogP) is 2.03. The molecule has 3 atom stereocenters. The molecule has 1 saturated carbocycles. The van der Waals surface area contributed by atoms with Crippen molar-refractivity contribution in [2.24, 2.45) is 11.3 Å². The average molecular weight is 254 g/mol. The Kier molecular flexibility index (Phi) is 4.76. The summed E-state index contributed by atoms with van der Waals surface area (Å²) < 4.78 is 0. The highest BCUT2D eigenvalue weighted by Gasteiger charge is 2.50. The molecule has 1 aliphatic rings. The number of hydrogen-bond acceptors (Lipinski definition) is 3. The summed E-state index contributed by atoms with van der Waals surface area (Å²) in [6.45, 7) is 7.85. The monoisotopic (exact) mass is 254 g/mol. The van der Waals surface area contributed by atoms with Gasteiger partial charge >= 0.3 is 0 Å². The fourth-order valence-electron chi connectivity index (χ4n) is 2.95. The maximum absolute atomic E-state index is 10.9. The Labute approximate surface area is 110 Å². The summed E-state index contributed by atoms with van der Waals surface area (Å²) in [4.78, 5) is 0. The van der Waals surface area contributed by atoms with Crippen molar-refractivity contribution in [3.63, 3.8) is 0 Å². The van der Waals surface area contributed by atoms with E-state index >= 15 is 0 Å². The van der Waals surface area contributed by atoms with Crippen molar-refractivity contribution in [3.05, 3.63) is 23.8 Å². The lowest BCUT2D eigenvalue weighted by Gasteiger charge is -2.50. The predicted molar refractivity (Wildman–Crippen MR) is 73.1 cm³/mol. The average Bonchev–Trinajstić information content (AvgIpc) is 2.23. The van der Waals surface area contributed by atoms with E-state index in [1.807, 2.05) is 39.8 Å². The summed E-state index contributed by atoms with van der Waals surface area (Å²) in [6.07, 6.45) is 6.26.